The highest BCUT2D eigenvalue weighted by Gasteiger charge is 2.19. The number of nitrogens with one attached hydrogen (secondary N) is 1. The molecular formula is C31H40N6O2S. The van der Waals surface area contributed by atoms with Crippen LogP contribution in [0.1, 0.15) is 43.8 Å². The van der Waals surface area contributed by atoms with E-state index in [-0.39, 0.29) is 11.6 Å². The molecule has 0 radical (unpaired) electrons. The molecule has 0 aliphatic carbocycles. The van der Waals surface area contributed by atoms with Gasteiger partial charge in [0.1, 0.15) is 11.6 Å². The summed E-state index contributed by atoms with van der Waals surface area (Å²) in [5.74, 6) is 2.15. The van der Waals surface area contributed by atoms with E-state index in [0.717, 1.165) is 57.5 Å². The maximum absolute atomic E-state index is 13.6. The van der Waals surface area contributed by atoms with E-state index in [1.54, 1.807) is 4.57 Å². The predicted octanol–water partition coefficient (Wildman–Crippen LogP) is 5.21. The Morgan fingerprint density at radius 3 is 2.40 bits per heavy atom. The zero-order chi connectivity index (χ0) is 29.0. The number of anilines is 3. The van der Waals surface area contributed by atoms with Crippen molar-refractivity contribution in [3.63, 3.8) is 0 Å². The van der Waals surface area contributed by atoms with Crippen LogP contribution in [-0.2, 0) is 17.8 Å². The van der Waals surface area contributed by atoms with Crippen LogP contribution in [0, 0.1) is 13.8 Å². The average molecular weight is 561 g/mol. The number of fused-ring (bicyclic) bond motifs is 1. The number of hydrogen-bond acceptors (Lipinski definition) is 7. The Morgan fingerprint density at radius 2 is 1.73 bits per heavy atom. The first-order chi connectivity index (χ1) is 19.1. The lowest BCUT2D eigenvalue weighted by molar-refractivity contribution is 0.684. The van der Waals surface area contributed by atoms with Crippen molar-refractivity contribution >= 4 is 38.8 Å². The van der Waals surface area contributed by atoms with Crippen molar-refractivity contribution < 1.29 is 4.21 Å². The van der Waals surface area contributed by atoms with Gasteiger partial charge in [0.05, 0.1) is 39.5 Å². The van der Waals surface area contributed by atoms with Gasteiger partial charge in [-0.25, -0.2) is 9.97 Å². The number of rotatable bonds is 11. The Labute approximate surface area is 239 Å². The van der Waals surface area contributed by atoms with E-state index < -0.39 is 10.8 Å². The first-order valence-corrected chi connectivity index (χ1v) is 15.1. The van der Waals surface area contributed by atoms with Gasteiger partial charge in [0.25, 0.3) is 5.56 Å². The lowest BCUT2D eigenvalue weighted by Gasteiger charge is -2.28. The van der Waals surface area contributed by atoms with Crippen LogP contribution in [0.2, 0.25) is 0 Å². The molecule has 9 heteroatoms. The lowest BCUT2D eigenvalue weighted by atomic mass is 9.97. The predicted molar refractivity (Wildman–Crippen MR) is 167 cm³/mol. The monoisotopic (exact) mass is 560 g/mol. The van der Waals surface area contributed by atoms with Gasteiger partial charge in [0.15, 0.2) is 0 Å². The molecule has 0 bridgehead atoms. The zero-order valence-electron chi connectivity index (χ0n) is 24.6. The summed E-state index contributed by atoms with van der Waals surface area (Å²) in [6.45, 7) is 12.3. The molecule has 4 aromatic rings. The summed E-state index contributed by atoms with van der Waals surface area (Å²) < 4.78 is 14.4. The van der Waals surface area contributed by atoms with E-state index >= 15 is 0 Å². The largest absolute Gasteiger partial charge is 0.378 e. The van der Waals surface area contributed by atoms with E-state index in [9.17, 15) is 9.00 Å². The second-order valence-electron chi connectivity index (χ2n) is 10.2. The Balaban J connectivity index is 1.68. The van der Waals surface area contributed by atoms with Gasteiger partial charge in [-0.15, -0.1) is 0 Å². The van der Waals surface area contributed by atoms with Crippen LogP contribution in [0.3, 0.4) is 0 Å². The number of aryl methyl sites for hydroxylation is 2. The van der Waals surface area contributed by atoms with Crippen LogP contribution in [-0.4, -0.2) is 51.2 Å². The fraction of sp³-hybridized carbons (Fsp3) is 0.387. The van der Waals surface area contributed by atoms with Crippen LogP contribution in [0.5, 0.6) is 0 Å². The van der Waals surface area contributed by atoms with Gasteiger partial charge < -0.3 is 15.1 Å². The van der Waals surface area contributed by atoms with Crippen LogP contribution >= 0.6 is 0 Å². The van der Waals surface area contributed by atoms with Crippen molar-refractivity contribution in [1.82, 2.24) is 14.5 Å². The molecule has 1 unspecified atom stereocenters. The lowest BCUT2D eigenvalue weighted by Crippen LogP contribution is -2.35. The van der Waals surface area contributed by atoms with E-state index in [4.69, 9.17) is 0 Å². The number of benzene rings is 2. The van der Waals surface area contributed by atoms with Crippen LogP contribution < -0.4 is 20.7 Å². The number of hydrogen-bond donors (Lipinski definition) is 1. The van der Waals surface area contributed by atoms with Crippen LogP contribution in [0.25, 0.3) is 10.8 Å². The summed E-state index contributed by atoms with van der Waals surface area (Å²) in [6.07, 6.45) is 3.71. The molecule has 212 valence electrons. The van der Waals surface area contributed by atoms with Crippen molar-refractivity contribution in [2.24, 2.45) is 7.05 Å². The number of nitrogens with zero attached hydrogens (tertiary/aromatic N) is 5. The minimum Gasteiger partial charge on any atom is -0.378 e. The summed E-state index contributed by atoms with van der Waals surface area (Å²) >= 11 is 0. The molecular weight excluding hydrogens is 520 g/mol. The molecule has 1 N–H and O–H groups in total. The van der Waals surface area contributed by atoms with Crippen molar-refractivity contribution in [3.8, 4) is 0 Å². The number of likely N-dealkylation sites (N-methyl/N-ethyl adjacent to an activating group) is 2. The maximum atomic E-state index is 13.6. The topological polar surface area (TPSA) is 83.4 Å². The highest BCUT2D eigenvalue weighted by molar-refractivity contribution is 7.85. The summed E-state index contributed by atoms with van der Waals surface area (Å²) in [5, 5.41) is 5.20. The fourth-order valence-electron chi connectivity index (χ4n) is 5.05. The average Bonchev–Trinajstić information content (AvgIpc) is 2.95. The third-order valence-corrected chi connectivity index (χ3v) is 8.72. The molecule has 2 aromatic heterocycles. The van der Waals surface area contributed by atoms with Crippen molar-refractivity contribution in [2.75, 3.05) is 47.6 Å². The van der Waals surface area contributed by atoms with Gasteiger partial charge in [0.2, 0.25) is 0 Å². The maximum Gasteiger partial charge on any atom is 0.259 e. The Bertz CT molecular complexity index is 1570. The molecule has 2 aromatic carbocycles. The van der Waals surface area contributed by atoms with E-state index in [2.05, 4.69) is 51.1 Å². The van der Waals surface area contributed by atoms with Crippen LogP contribution in [0.15, 0.2) is 64.5 Å². The summed E-state index contributed by atoms with van der Waals surface area (Å²) in [7, 11) is 2.77. The second-order valence-corrected chi connectivity index (χ2v) is 11.9. The molecule has 0 amide bonds. The molecule has 8 nitrogen and oxygen atoms in total. The minimum atomic E-state index is -1.08. The third-order valence-electron chi connectivity index (χ3n) is 7.35. The Hall–Kier alpha value is -3.72. The van der Waals surface area contributed by atoms with Crippen molar-refractivity contribution in [2.45, 2.75) is 45.6 Å². The van der Waals surface area contributed by atoms with Gasteiger partial charge in [-0.2, -0.15) is 0 Å². The zero-order valence-corrected chi connectivity index (χ0v) is 25.4. The molecule has 0 spiro atoms. The van der Waals surface area contributed by atoms with E-state index in [1.807, 2.05) is 77.6 Å². The smallest absolute Gasteiger partial charge is 0.259 e. The van der Waals surface area contributed by atoms with Crippen molar-refractivity contribution in [1.29, 1.82) is 0 Å². The van der Waals surface area contributed by atoms with Gasteiger partial charge in [-0.1, -0.05) is 25.1 Å². The molecule has 0 saturated heterocycles. The van der Waals surface area contributed by atoms with Gasteiger partial charge >= 0.3 is 0 Å². The van der Waals surface area contributed by atoms with E-state index in [1.165, 1.54) is 0 Å². The number of para-hydroxylation sites is 1. The van der Waals surface area contributed by atoms with Gasteiger partial charge in [-0.05, 0) is 68.5 Å². The normalized spacial score (nSPS) is 12.8. The first-order valence-electron chi connectivity index (χ1n) is 13.8. The molecule has 2 atom stereocenters. The highest BCUT2D eigenvalue weighted by atomic mass is 32.2. The first kappa shape index (κ1) is 29.3. The SMILES string of the molecule is CCN(CCN(C)c1cc2c([C@@H](C)Nc3ccccc3S(=O)CC)cc(C)cc2c(=O)n1C)c1cnc(C)nc1. The quantitative estimate of drug-likeness (QED) is 0.270. The summed E-state index contributed by atoms with van der Waals surface area (Å²) in [6, 6.07) is 13.9. The number of aromatic nitrogens is 3. The molecule has 0 aliphatic rings. The van der Waals surface area contributed by atoms with Crippen molar-refractivity contribution in [3.05, 3.63) is 82.2 Å². The molecule has 0 saturated carbocycles. The standard InChI is InChI=1S/C31H40N6O2S/c1-8-37(24-19-32-23(5)33-20-24)15-14-35(6)30-18-26-25(16-21(3)17-27(26)31(38)36(30)7)22(4)34-28-12-10-11-13-29(28)40(39)9-2/h10-13,16-20,22,34H,8-9,14-15H2,1-7H3/t22-,40?/m1/s1. The Kier molecular flexibility index (Phi) is 9.25. The molecule has 2 heterocycles. The van der Waals surface area contributed by atoms with Gasteiger partial charge in [0, 0.05) is 50.9 Å². The third kappa shape index (κ3) is 6.20. The fourth-order valence-corrected chi connectivity index (χ4v) is 5.97. The molecule has 0 fully saturated rings. The highest BCUT2D eigenvalue weighted by Crippen LogP contribution is 2.31. The second kappa shape index (κ2) is 12.6. The molecule has 0 aliphatic heterocycles. The Morgan fingerprint density at radius 1 is 1.02 bits per heavy atom. The van der Waals surface area contributed by atoms with E-state index in [0.29, 0.717) is 17.7 Å². The van der Waals surface area contributed by atoms with Gasteiger partial charge in [-0.3, -0.25) is 13.6 Å². The number of pyridine rings is 1. The minimum absolute atomic E-state index is 0.0248. The summed E-state index contributed by atoms with van der Waals surface area (Å²) in [4.78, 5) is 27.5. The molecule has 4 rings (SSSR count). The van der Waals surface area contributed by atoms with Crippen LogP contribution in [0.4, 0.5) is 17.2 Å². The molecule has 40 heavy (non-hydrogen) atoms. The summed E-state index contributed by atoms with van der Waals surface area (Å²) in [5.41, 5.74) is 3.87.